The molecule has 0 aromatic heterocycles. The van der Waals surface area contributed by atoms with Gasteiger partial charge in [-0.15, -0.1) is 12.4 Å². The zero-order valence-electron chi connectivity index (χ0n) is 16.6. The molecule has 28 heavy (non-hydrogen) atoms. The van der Waals surface area contributed by atoms with Gasteiger partial charge in [-0.1, -0.05) is 12.1 Å². The highest BCUT2D eigenvalue weighted by Crippen LogP contribution is 2.31. The summed E-state index contributed by atoms with van der Waals surface area (Å²) in [6.07, 6.45) is 1.22. The van der Waals surface area contributed by atoms with Crippen molar-refractivity contribution in [3.63, 3.8) is 0 Å². The highest BCUT2D eigenvalue weighted by Gasteiger charge is 2.46. The summed E-state index contributed by atoms with van der Waals surface area (Å²) in [5, 5.41) is 3.28. The molecule has 0 atom stereocenters. The first-order valence-electron chi connectivity index (χ1n) is 9.73. The van der Waals surface area contributed by atoms with Crippen LogP contribution in [0.25, 0.3) is 0 Å². The maximum Gasteiger partial charge on any atom is 0.410 e. The molecule has 2 aliphatic heterocycles. The molecular formula is C20H30ClN3O4. The van der Waals surface area contributed by atoms with E-state index in [9.17, 15) is 9.59 Å². The lowest BCUT2D eigenvalue weighted by molar-refractivity contribution is -0.132. The van der Waals surface area contributed by atoms with Gasteiger partial charge < -0.3 is 19.7 Å². The summed E-state index contributed by atoms with van der Waals surface area (Å²) >= 11 is 0. The smallest absolute Gasteiger partial charge is 0.410 e. The van der Waals surface area contributed by atoms with Crippen LogP contribution in [-0.2, 0) is 16.1 Å². The lowest BCUT2D eigenvalue weighted by Gasteiger charge is -2.31. The number of rotatable bonds is 7. The van der Waals surface area contributed by atoms with Gasteiger partial charge >= 0.3 is 6.09 Å². The van der Waals surface area contributed by atoms with Crippen molar-refractivity contribution in [2.75, 3.05) is 39.3 Å². The van der Waals surface area contributed by atoms with E-state index in [0.717, 1.165) is 37.2 Å². The number of amides is 2. The van der Waals surface area contributed by atoms with Gasteiger partial charge in [0.05, 0.1) is 13.2 Å². The molecule has 1 N–H and O–H groups in total. The van der Waals surface area contributed by atoms with Gasteiger partial charge in [0.25, 0.3) is 0 Å². The molecule has 2 amide bonds. The third kappa shape index (κ3) is 5.29. The zero-order valence-corrected chi connectivity index (χ0v) is 17.4. The quantitative estimate of drug-likeness (QED) is 0.746. The van der Waals surface area contributed by atoms with Crippen LogP contribution in [0, 0.1) is 0 Å². The molecule has 0 aliphatic carbocycles. The van der Waals surface area contributed by atoms with E-state index in [1.165, 1.54) is 0 Å². The molecular weight excluding hydrogens is 382 g/mol. The van der Waals surface area contributed by atoms with Crippen LogP contribution >= 0.6 is 12.4 Å². The van der Waals surface area contributed by atoms with E-state index < -0.39 is 5.60 Å². The number of nitrogens with one attached hydrogen (secondary N) is 1. The molecule has 0 radical (unpaired) electrons. The number of benzene rings is 1. The van der Waals surface area contributed by atoms with Gasteiger partial charge in [0.15, 0.2) is 0 Å². The molecule has 0 bridgehead atoms. The van der Waals surface area contributed by atoms with Gasteiger partial charge in [0.2, 0.25) is 5.91 Å². The van der Waals surface area contributed by atoms with E-state index in [1.807, 2.05) is 38.1 Å². The highest BCUT2D eigenvalue weighted by molar-refractivity contribution is 5.85. The molecule has 7 nitrogen and oxygen atoms in total. The lowest BCUT2D eigenvalue weighted by Crippen LogP contribution is -2.46. The van der Waals surface area contributed by atoms with Gasteiger partial charge in [0, 0.05) is 25.9 Å². The van der Waals surface area contributed by atoms with Crippen LogP contribution in [0.4, 0.5) is 4.79 Å². The fraction of sp³-hybridized carbons (Fsp3) is 0.600. The van der Waals surface area contributed by atoms with Crippen LogP contribution in [0.2, 0.25) is 0 Å². The van der Waals surface area contributed by atoms with Crippen LogP contribution in [0.3, 0.4) is 0 Å². The van der Waals surface area contributed by atoms with Crippen molar-refractivity contribution < 1.29 is 19.1 Å². The zero-order chi connectivity index (χ0) is 19.3. The monoisotopic (exact) mass is 411 g/mol. The number of hydrogen-bond acceptors (Lipinski definition) is 5. The number of piperidine rings is 1. The minimum Gasteiger partial charge on any atom is -0.494 e. The van der Waals surface area contributed by atoms with E-state index in [2.05, 4.69) is 5.32 Å². The van der Waals surface area contributed by atoms with E-state index in [-0.39, 0.29) is 31.0 Å². The first kappa shape index (κ1) is 22.3. The normalized spacial score (nSPS) is 17.8. The maximum absolute atomic E-state index is 12.8. The summed E-state index contributed by atoms with van der Waals surface area (Å²) < 4.78 is 11.2. The predicted octanol–water partition coefficient (Wildman–Crippen LogP) is 2.43. The summed E-state index contributed by atoms with van der Waals surface area (Å²) in [4.78, 5) is 28.4. The Kier molecular flexibility index (Phi) is 7.95. The van der Waals surface area contributed by atoms with Crippen LogP contribution in [-0.4, -0.2) is 66.7 Å². The Bertz CT molecular complexity index is 679. The van der Waals surface area contributed by atoms with Gasteiger partial charge in [-0.2, -0.15) is 0 Å². The Morgan fingerprint density at radius 2 is 2.07 bits per heavy atom. The second-order valence-corrected chi connectivity index (χ2v) is 7.15. The molecule has 2 heterocycles. The third-order valence-corrected chi connectivity index (χ3v) is 5.20. The molecule has 1 aromatic carbocycles. The summed E-state index contributed by atoms with van der Waals surface area (Å²) in [5.74, 6) is 0.733. The molecule has 8 heteroatoms. The standard InChI is InChI=1S/C20H29N3O4.ClH/c1-3-22(13-16-6-5-7-17(12-16)26-4-2)18(24)14-23-15-20(27-19(23)25)8-10-21-11-9-20;/h5-7,12,21H,3-4,8-11,13-15H2,1-2H3;1H. The second kappa shape index (κ2) is 9.98. The Labute approximate surface area is 172 Å². The molecule has 2 aliphatic rings. The molecule has 1 spiro atoms. The molecule has 0 saturated carbocycles. The predicted molar refractivity (Wildman–Crippen MR) is 109 cm³/mol. The molecule has 156 valence electrons. The minimum absolute atomic E-state index is 0. The lowest BCUT2D eigenvalue weighted by atomic mass is 9.92. The van der Waals surface area contributed by atoms with E-state index >= 15 is 0 Å². The van der Waals surface area contributed by atoms with Crippen LogP contribution in [0.1, 0.15) is 32.3 Å². The second-order valence-electron chi connectivity index (χ2n) is 7.15. The van der Waals surface area contributed by atoms with Crippen molar-refractivity contribution in [2.24, 2.45) is 0 Å². The van der Waals surface area contributed by atoms with E-state index in [4.69, 9.17) is 9.47 Å². The van der Waals surface area contributed by atoms with Crippen molar-refractivity contribution in [2.45, 2.75) is 38.8 Å². The van der Waals surface area contributed by atoms with E-state index in [1.54, 1.807) is 9.80 Å². The molecule has 2 saturated heterocycles. The highest BCUT2D eigenvalue weighted by atomic mass is 35.5. The first-order chi connectivity index (χ1) is 13.0. The third-order valence-electron chi connectivity index (χ3n) is 5.20. The van der Waals surface area contributed by atoms with Gasteiger partial charge in [-0.05, 0) is 44.6 Å². The average molecular weight is 412 g/mol. The molecule has 0 unspecified atom stereocenters. The molecule has 1 aromatic rings. The van der Waals surface area contributed by atoms with Crippen molar-refractivity contribution in [1.29, 1.82) is 0 Å². The van der Waals surface area contributed by atoms with Crippen LogP contribution < -0.4 is 10.1 Å². The number of halogens is 1. The Balaban J connectivity index is 0.00000280. The number of carbonyl (C=O) groups is 2. The number of likely N-dealkylation sites (N-methyl/N-ethyl adjacent to an activating group) is 1. The van der Waals surface area contributed by atoms with Crippen molar-refractivity contribution in [3.8, 4) is 5.75 Å². The number of ether oxygens (including phenoxy) is 2. The number of carbonyl (C=O) groups excluding carboxylic acids is 2. The summed E-state index contributed by atoms with van der Waals surface area (Å²) in [6.45, 7) is 7.81. The van der Waals surface area contributed by atoms with Gasteiger partial charge in [-0.25, -0.2) is 4.79 Å². The topological polar surface area (TPSA) is 71.1 Å². The minimum atomic E-state index is -0.425. The molecule has 3 rings (SSSR count). The Morgan fingerprint density at radius 3 is 2.75 bits per heavy atom. The summed E-state index contributed by atoms with van der Waals surface area (Å²) in [7, 11) is 0. The maximum atomic E-state index is 12.8. The summed E-state index contributed by atoms with van der Waals surface area (Å²) in [6, 6.07) is 7.77. The Morgan fingerprint density at radius 1 is 1.32 bits per heavy atom. The van der Waals surface area contributed by atoms with Crippen LogP contribution in [0.15, 0.2) is 24.3 Å². The molecule has 2 fully saturated rings. The number of nitrogens with zero attached hydrogens (tertiary/aromatic N) is 2. The van der Waals surface area contributed by atoms with E-state index in [0.29, 0.717) is 26.2 Å². The van der Waals surface area contributed by atoms with Crippen LogP contribution in [0.5, 0.6) is 5.75 Å². The largest absolute Gasteiger partial charge is 0.494 e. The fourth-order valence-electron chi connectivity index (χ4n) is 3.72. The first-order valence-corrected chi connectivity index (χ1v) is 9.73. The van der Waals surface area contributed by atoms with Gasteiger partial charge in [0.1, 0.15) is 17.9 Å². The van der Waals surface area contributed by atoms with Crippen molar-refractivity contribution in [1.82, 2.24) is 15.1 Å². The summed E-state index contributed by atoms with van der Waals surface area (Å²) in [5.41, 5.74) is 0.584. The Hall–Kier alpha value is -1.99. The van der Waals surface area contributed by atoms with Crippen molar-refractivity contribution in [3.05, 3.63) is 29.8 Å². The fourth-order valence-corrected chi connectivity index (χ4v) is 3.72. The SMILES string of the molecule is CCOc1cccc(CN(CC)C(=O)CN2CC3(CCNCC3)OC2=O)c1.Cl. The van der Waals surface area contributed by atoms with Crippen molar-refractivity contribution >= 4 is 24.4 Å². The average Bonchev–Trinajstić information content (AvgIpc) is 2.95. The number of hydrogen-bond donors (Lipinski definition) is 1. The van der Waals surface area contributed by atoms with Gasteiger partial charge in [-0.3, -0.25) is 9.69 Å².